The molecule has 0 unspecified atom stereocenters. The SMILES string of the molecule is CCCCNCCCc1ccc(OC2CC2)cc1. The van der Waals surface area contributed by atoms with E-state index in [1.807, 2.05) is 0 Å². The second-order valence-corrected chi connectivity index (χ2v) is 5.17. The molecule has 2 rings (SSSR count). The molecule has 1 aliphatic rings. The van der Waals surface area contributed by atoms with Crippen LogP contribution in [0.15, 0.2) is 24.3 Å². The van der Waals surface area contributed by atoms with Gasteiger partial charge in [0.2, 0.25) is 0 Å². The average molecular weight is 247 g/mol. The Morgan fingerprint density at radius 3 is 2.50 bits per heavy atom. The molecule has 0 radical (unpaired) electrons. The third-order valence-electron chi connectivity index (χ3n) is 3.28. The molecule has 1 aliphatic carbocycles. The molecule has 0 saturated heterocycles. The molecule has 1 aromatic carbocycles. The van der Waals surface area contributed by atoms with Gasteiger partial charge in [-0.15, -0.1) is 0 Å². The second kappa shape index (κ2) is 7.42. The minimum Gasteiger partial charge on any atom is -0.490 e. The quantitative estimate of drug-likeness (QED) is 0.674. The number of ether oxygens (including phenoxy) is 1. The highest BCUT2D eigenvalue weighted by molar-refractivity contribution is 5.27. The molecule has 0 aromatic heterocycles. The van der Waals surface area contributed by atoms with Crippen molar-refractivity contribution in [3.63, 3.8) is 0 Å². The maximum absolute atomic E-state index is 5.74. The van der Waals surface area contributed by atoms with Gasteiger partial charge in [0.15, 0.2) is 0 Å². The predicted octanol–water partition coefficient (Wildman–Crippen LogP) is 3.55. The van der Waals surface area contributed by atoms with E-state index in [4.69, 9.17) is 4.74 Å². The van der Waals surface area contributed by atoms with E-state index >= 15 is 0 Å². The average Bonchev–Trinajstić information content (AvgIpc) is 3.20. The molecular formula is C16H25NO. The van der Waals surface area contributed by atoms with E-state index in [-0.39, 0.29) is 0 Å². The fraction of sp³-hybridized carbons (Fsp3) is 0.625. The van der Waals surface area contributed by atoms with E-state index in [0.717, 1.165) is 25.3 Å². The molecule has 0 spiro atoms. The minimum absolute atomic E-state index is 0.499. The number of benzene rings is 1. The van der Waals surface area contributed by atoms with Crippen LogP contribution in [0.2, 0.25) is 0 Å². The van der Waals surface area contributed by atoms with Crippen molar-refractivity contribution in [2.75, 3.05) is 13.1 Å². The predicted molar refractivity (Wildman–Crippen MR) is 76.2 cm³/mol. The van der Waals surface area contributed by atoms with Crippen molar-refractivity contribution < 1.29 is 4.74 Å². The van der Waals surface area contributed by atoms with Crippen LogP contribution in [-0.2, 0) is 6.42 Å². The largest absolute Gasteiger partial charge is 0.490 e. The van der Waals surface area contributed by atoms with Gasteiger partial charge in [-0.3, -0.25) is 0 Å². The third kappa shape index (κ3) is 5.09. The maximum atomic E-state index is 5.74. The molecule has 0 aliphatic heterocycles. The molecule has 2 nitrogen and oxygen atoms in total. The van der Waals surface area contributed by atoms with Crippen molar-refractivity contribution in [1.29, 1.82) is 0 Å². The topological polar surface area (TPSA) is 21.3 Å². The number of rotatable bonds is 9. The molecule has 1 aromatic rings. The van der Waals surface area contributed by atoms with Crippen LogP contribution < -0.4 is 10.1 Å². The van der Waals surface area contributed by atoms with E-state index in [2.05, 4.69) is 36.5 Å². The lowest BCUT2D eigenvalue weighted by Gasteiger charge is -2.06. The van der Waals surface area contributed by atoms with E-state index in [0.29, 0.717) is 6.10 Å². The minimum atomic E-state index is 0.499. The molecule has 0 atom stereocenters. The van der Waals surface area contributed by atoms with Gasteiger partial charge in [0.1, 0.15) is 5.75 Å². The molecule has 1 saturated carbocycles. The Kier molecular flexibility index (Phi) is 5.53. The molecule has 100 valence electrons. The first-order valence-electron chi connectivity index (χ1n) is 7.35. The third-order valence-corrected chi connectivity index (χ3v) is 3.28. The van der Waals surface area contributed by atoms with Crippen LogP contribution in [0.25, 0.3) is 0 Å². The second-order valence-electron chi connectivity index (χ2n) is 5.17. The number of unbranched alkanes of at least 4 members (excludes halogenated alkanes) is 1. The van der Waals surface area contributed by atoms with Crippen LogP contribution in [0.5, 0.6) is 5.75 Å². The first-order valence-corrected chi connectivity index (χ1v) is 7.35. The molecule has 0 bridgehead atoms. The lowest BCUT2D eigenvalue weighted by Crippen LogP contribution is -2.16. The molecule has 18 heavy (non-hydrogen) atoms. The zero-order valence-electron chi connectivity index (χ0n) is 11.5. The summed E-state index contributed by atoms with van der Waals surface area (Å²) in [6, 6.07) is 8.61. The van der Waals surface area contributed by atoms with Gasteiger partial charge in [-0.05, 0) is 62.9 Å². The zero-order chi connectivity index (χ0) is 12.6. The lowest BCUT2D eigenvalue weighted by atomic mass is 10.1. The Bertz CT molecular complexity index is 329. The first kappa shape index (κ1) is 13.4. The summed E-state index contributed by atoms with van der Waals surface area (Å²) >= 11 is 0. The fourth-order valence-corrected chi connectivity index (χ4v) is 1.96. The molecule has 2 heteroatoms. The molecule has 1 N–H and O–H groups in total. The van der Waals surface area contributed by atoms with E-state index in [1.165, 1.54) is 37.7 Å². The fourth-order valence-electron chi connectivity index (χ4n) is 1.96. The summed E-state index contributed by atoms with van der Waals surface area (Å²) in [5, 5.41) is 3.48. The zero-order valence-corrected chi connectivity index (χ0v) is 11.5. The summed E-state index contributed by atoms with van der Waals surface area (Å²) in [5.41, 5.74) is 1.41. The number of hydrogen-bond donors (Lipinski definition) is 1. The number of aryl methyl sites for hydroxylation is 1. The summed E-state index contributed by atoms with van der Waals surface area (Å²) in [5.74, 6) is 1.03. The van der Waals surface area contributed by atoms with Gasteiger partial charge >= 0.3 is 0 Å². The van der Waals surface area contributed by atoms with Crippen molar-refractivity contribution in [2.45, 2.75) is 51.6 Å². The lowest BCUT2D eigenvalue weighted by molar-refractivity contribution is 0.303. The Labute approximate surface area is 111 Å². The van der Waals surface area contributed by atoms with Crippen molar-refractivity contribution in [3.05, 3.63) is 29.8 Å². The van der Waals surface area contributed by atoms with E-state index < -0.39 is 0 Å². The highest BCUT2D eigenvalue weighted by Gasteiger charge is 2.23. The van der Waals surface area contributed by atoms with Gasteiger partial charge in [-0.25, -0.2) is 0 Å². The normalized spacial score (nSPS) is 14.7. The van der Waals surface area contributed by atoms with Crippen molar-refractivity contribution in [3.8, 4) is 5.75 Å². The summed E-state index contributed by atoms with van der Waals surface area (Å²) in [7, 11) is 0. The first-order chi connectivity index (χ1) is 8.88. The number of hydrogen-bond acceptors (Lipinski definition) is 2. The van der Waals surface area contributed by atoms with Crippen molar-refractivity contribution in [2.24, 2.45) is 0 Å². The molecule has 1 fully saturated rings. The van der Waals surface area contributed by atoms with Gasteiger partial charge in [-0.1, -0.05) is 25.5 Å². The molecular weight excluding hydrogens is 222 g/mol. The monoisotopic (exact) mass is 247 g/mol. The van der Waals surface area contributed by atoms with Gasteiger partial charge in [0.05, 0.1) is 6.10 Å². The Balaban J connectivity index is 1.60. The van der Waals surface area contributed by atoms with E-state index in [1.54, 1.807) is 0 Å². The van der Waals surface area contributed by atoms with Crippen LogP contribution >= 0.6 is 0 Å². The van der Waals surface area contributed by atoms with Crippen molar-refractivity contribution in [1.82, 2.24) is 5.32 Å². The highest BCUT2D eigenvalue weighted by atomic mass is 16.5. The van der Waals surface area contributed by atoms with Crippen LogP contribution in [0, 0.1) is 0 Å². The number of nitrogens with one attached hydrogen (secondary N) is 1. The van der Waals surface area contributed by atoms with Gasteiger partial charge < -0.3 is 10.1 Å². The van der Waals surface area contributed by atoms with Crippen LogP contribution in [0.4, 0.5) is 0 Å². The Morgan fingerprint density at radius 1 is 1.11 bits per heavy atom. The summed E-state index contributed by atoms with van der Waals surface area (Å²) in [6.45, 7) is 4.51. The maximum Gasteiger partial charge on any atom is 0.119 e. The van der Waals surface area contributed by atoms with Gasteiger partial charge in [0.25, 0.3) is 0 Å². The van der Waals surface area contributed by atoms with Crippen LogP contribution in [0.1, 0.15) is 44.6 Å². The van der Waals surface area contributed by atoms with Crippen LogP contribution in [-0.4, -0.2) is 19.2 Å². The summed E-state index contributed by atoms with van der Waals surface area (Å²) < 4.78 is 5.74. The standard InChI is InChI=1S/C16H25NO/c1-2-3-12-17-13-4-5-14-6-8-15(9-7-14)18-16-10-11-16/h6-9,16-17H,2-5,10-13H2,1H3. The Hall–Kier alpha value is -1.02. The van der Waals surface area contributed by atoms with Gasteiger partial charge in [-0.2, -0.15) is 0 Å². The smallest absolute Gasteiger partial charge is 0.119 e. The molecule has 0 amide bonds. The summed E-state index contributed by atoms with van der Waals surface area (Å²) in [6.07, 6.45) is 7.88. The Morgan fingerprint density at radius 2 is 1.83 bits per heavy atom. The van der Waals surface area contributed by atoms with Crippen LogP contribution in [0.3, 0.4) is 0 Å². The summed E-state index contributed by atoms with van der Waals surface area (Å²) in [4.78, 5) is 0. The highest BCUT2D eigenvalue weighted by Crippen LogP contribution is 2.26. The van der Waals surface area contributed by atoms with Gasteiger partial charge in [0, 0.05) is 0 Å². The van der Waals surface area contributed by atoms with E-state index in [9.17, 15) is 0 Å². The molecule has 0 heterocycles. The van der Waals surface area contributed by atoms with Crippen molar-refractivity contribution >= 4 is 0 Å².